The number of benzene rings is 1. The highest BCUT2D eigenvalue weighted by molar-refractivity contribution is 5.80. The molecule has 2 bridgehead atoms. The van der Waals surface area contributed by atoms with Gasteiger partial charge in [-0.3, -0.25) is 14.9 Å². The molecule has 8 heteroatoms. The zero-order valence-electron chi connectivity index (χ0n) is 15.7. The third-order valence-electron chi connectivity index (χ3n) is 6.10. The van der Waals surface area contributed by atoms with Crippen LogP contribution in [0.2, 0.25) is 0 Å². The van der Waals surface area contributed by atoms with Crippen molar-refractivity contribution in [2.75, 3.05) is 18.3 Å². The molecule has 1 fully saturated rings. The Morgan fingerprint density at radius 3 is 2.93 bits per heavy atom. The number of likely N-dealkylation sites (tertiary alicyclic amines) is 1. The molecule has 0 amide bonds. The first-order chi connectivity index (χ1) is 13.5. The number of rotatable bonds is 3. The molecule has 3 aromatic rings. The zero-order valence-corrected chi connectivity index (χ0v) is 15.7. The van der Waals surface area contributed by atoms with Crippen LogP contribution in [0.4, 0.5) is 5.69 Å². The summed E-state index contributed by atoms with van der Waals surface area (Å²) in [7, 11) is 1.97. The largest absolute Gasteiger partial charge is 0.733 e. The van der Waals surface area contributed by atoms with Gasteiger partial charge in [0.25, 0.3) is 5.56 Å². The minimum atomic E-state index is -0.140. The van der Waals surface area contributed by atoms with E-state index in [1.54, 1.807) is 24.3 Å². The molecule has 2 aliphatic rings. The highest BCUT2D eigenvalue weighted by atomic mass is 16.8. The Morgan fingerprint density at radius 2 is 2.11 bits per heavy atom. The van der Waals surface area contributed by atoms with Crippen LogP contribution in [0.3, 0.4) is 0 Å². The minimum absolute atomic E-state index is 0.100. The van der Waals surface area contributed by atoms with Gasteiger partial charge in [-0.2, -0.15) is 0 Å². The molecular formula is C20H22N5O3-. The summed E-state index contributed by atoms with van der Waals surface area (Å²) in [6.45, 7) is 3.34. The molecule has 2 aliphatic heterocycles. The van der Waals surface area contributed by atoms with E-state index in [-0.39, 0.29) is 16.5 Å². The molecule has 4 heterocycles. The summed E-state index contributed by atoms with van der Waals surface area (Å²) in [6.07, 6.45) is 1.13. The molecule has 2 atom stereocenters. The van der Waals surface area contributed by atoms with E-state index in [0.717, 1.165) is 43.1 Å². The number of aryl methyl sites for hydroxylation is 1. The summed E-state index contributed by atoms with van der Waals surface area (Å²) < 4.78 is 3.98. The van der Waals surface area contributed by atoms with Gasteiger partial charge in [-0.15, -0.1) is 0 Å². The van der Waals surface area contributed by atoms with Crippen LogP contribution in [0.1, 0.15) is 23.9 Å². The Labute approximate surface area is 161 Å². The van der Waals surface area contributed by atoms with Crippen molar-refractivity contribution < 1.29 is 5.21 Å². The van der Waals surface area contributed by atoms with Gasteiger partial charge >= 0.3 is 0 Å². The fourth-order valence-corrected chi connectivity index (χ4v) is 4.82. The SMILES string of the molecule is Cn1c(CN2CC3CC(C2)c2cccc(=O)n2C3)nc2cc(N([O-])O)ccc21. The minimum Gasteiger partial charge on any atom is -0.733 e. The second kappa shape index (κ2) is 6.44. The number of piperidine rings is 1. The third-order valence-corrected chi connectivity index (χ3v) is 6.10. The summed E-state index contributed by atoms with van der Waals surface area (Å²) >= 11 is 0. The van der Waals surface area contributed by atoms with Gasteiger partial charge in [-0.1, -0.05) is 6.07 Å². The second-order valence-electron chi connectivity index (χ2n) is 7.93. The van der Waals surface area contributed by atoms with Crippen LogP contribution >= 0.6 is 0 Å². The number of aromatic nitrogens is 3. The monoisotopic (exact) mass is 380 g/mol. The highest BCUT2D eigenvalue weighted by Gasteiger charge is 2.34. The third kappa shape index (κ3) is 2.81. The number of hydrogen-bond acceptors (Lipinski definition) is 6. The lowest BCUT2D eigenvalue weighted by Crippen LogP contribution is -2.46. The Morgan fingerprint density at radius 1 is 1.25 bits per heavy atom. The predicted molar refractivity (Wildman–Crippen MR) is 105 cm³/mol. The smallest absolute Gasteiger partial charge is 0.250 e. The number of pyridine rings is 1. The van der Waals surface area contributed by atoms with Crippen molar-refractivity contribution in [2.24, 2.45) is 13.0 Å². The van der Waals surface area contributed by atoms with Crippen LogP contribution in [-0.4, -0.2) is 37.3 Å². The Balaban J connectivity index is 1.42. The molecule has 146 valence electrons. The molecule has 1 N–H and O–H groups in total. The van der Waals surface area contributed by atoms with E-state index in [2.05, 4.69) is 11.0 Å². The van der Waals surface area contributed by atoms with Gasteiger partial charge in [0.15, 0.2) is 0 Å². The van der Waals surface area contributed by atoms with Crippen molar-refractivity contribution in [1.29, 1.82) is 0 Å². The second-order valence-corrected chi connectivity index (χ2v) is 7.93. The maximum atomic E-state index is 12.2. The highest BCUT2D eigenvalue weighted by Crippen LogP contribution is 2.35. The van der Waals surface area contributed by atoms with Gasteiger partial charge in [-0.05, 0) is 36.6 Å². The van der Waals surface area contributed by atoms with E-state index >= 15 is 0 Å². The van der Waals surface area contributed by atoms with E-state index in [0.29, 0.717) is 23.9 Å². The maximum Gasteiger partial charge on any atom is 0.250 e. The van der Waals surface area contributed by atoms with E-state index < -0.39 is 0 Å². The van der Waals surface area contributed by atoms with Crippen molar-refractivity contribution in [3.8, 4) is 0 Å². The molecular weight excluding hydrogens is 358 g/mol. The lowest BCUT2D eigenvalue weighted by atomic mass is 9.83. The fourth-order valence-electron chi connectivity index (χ4n) is 4.82. The normalized spacial score (nSPS) is 21.7. The van der Waals surface area contributed by atoms with Crippen molar-refractivity contribution in [1.82, 2.24) is 19.0 Å². The Hall–Kier alpha value is -2.68. The Kier molecular flexibility index (Phi) is 4.01. The quantitative estimate of drug-likeness (QED) is 0.700. The number of hydrogen-bond donors (Lipinski definition) is 1. The Bertz CT molecular complexity index is 1100. The molecule has 1 saturated heterocycles. The number of imidazole rings is 1. The summed E-state index contributed by atoms with van der Waals surface area (Å²) in [5.41, 5.74) is 3.03. The lowest BCUT2D eigenvalue weighted by molar-refractivity contribution is 0.111. The first-order valence-corrected chi connectivity index (χ1v) is 9.53. The molecule has 28 heavy (non-hydrogen) atoms. The van der Waals surface area contributed by atoms with Crippen molar-refractivity contribution in [3.63, 3.8) is 0 Å². The van der Waals surface area contributed by atoms with Crippen molar-refractivity contribution >= 4 is 16.7 Å². The van der Waals surface area contributed by atoms with Crippen LogP contribution in [0, 0.1) is 11.1 Å². The van der Waals surface area contributed by atoms with E-state index in [1.807, 2.05) is 22.2 Å². The predicted octanol–water partition coefficient (Wildman–Crippen LogP) is 2.05. The van der Waals surface area contributed by atoms with Gasteiger partial charge in [0.2, 0.25) is 0 Å². The van der Waals surface area contributed by atoms with Gasteiger partial charge in [0.05, 0.1) is 23.3 Å². The van der Waals surface area contributed by atoms with Crippen LogP contribution in [0.5, 0.6) is 0 Å². The molecule has 8 nitrogen and oxygen atoms in total. The van der Waals surface area contributed by atoms with Crippen LogP contribution in [0.25, 0.3) is 11.0 Å². The van der Waals surface area contributed by atoms with E-state index in [9.17, 15) is 10.0 Å². The van der Waals surface area contributed by atoms with Crippen molar-refractivity contribution in [3.05, 3.63) is 63.5 Å². The van der Waals surface area contributed by atoms with Crippen LogP contribution in [0.15, 0.2) is 41.2 Å². The average molecular weight is 380 g/mol. The van der Waals surface area contributed by atoms with E-state index in [4.69, 9.17) is 10.2 Å². The topological polar surface area (TPSA) is 89.6 Å². The van der Waals surface area contributed by atoms with Gasteiger partial charge in [-0.25, -0.2) is 4.98 Å². The molecule has 2 unspecified atom stereocenters. The van der Waals surface area contributed by atoms with Gasteiger partial charge in [0.1, 0.15) is 5.82 Å². The molecule has 1 aromatic carbocycles. The fraction of sp³-hybridized carbons (Fsp3) is 0.400. The standard InChI is InChI=1S/C20H22N5O3/c1-22-18-6-5-15(25(27)28)8-16(18)21-19(22)12-23-9-13-7-14(11-23)17-3-2-4-20(26)24(17)10-13/h2-6,8,13-14,27H,7,9-12H2,1H3/q-1. The van der Waals surface area contributed by atoms with E-state index in [1.165, 1.54) is 0 Å². The molecule has 0 spiro atoms. The van der Waals surface area contributed by atoms with Gasteiger partial charge < -0.3 is 19.6 Å². The van der Waals surface area contributed by atoms with Crippen LogP contribution < -0.4 is 10.8 Å². The lowest BCUT2D eigenvalue weighted by Gasteiger charge is -2.42. The molecule has 2 aromatic heterocycles. The summed E-state index contributed by atoms with van der Waals surface area (Å²) in [6, 6.07) is 10.6. The number of fused-ring (bicyclic) bond motifs is 5. The molecule has 5 rings (SSSR count). The molecule has 0 aliphatic carbocycles. The maximum absolute atomic E-state index is 12.2. The summed E-state index contributed by atoms with van der Waals surface area (Å²) in [5, 5.41) is 20.1. The summed E-state index contributed by atoms with van der Waals surface area (Å²) in [5.74, 6) is 1.76. The zero-order chi connectivity index (χ0) is 19.4. The molecule has 0 saturated carbocycles. The molecule has 0 radical (unpaired) electrons. The number of anilines is 1. The average Bonchev–Trinajstić information content (AvgIpc) is 2.97. The first-order valence-electron chi connectivity index (χ1n) is 9.53. The number of nitrogens with zero attached hydrogens (tertiary/aromatic N) is 5. The van der Waals surface area contributed by atoms with Crippen molar-refractivity contribution in [2.45, 2.75) is 25.4 Å². The van der Waals surface area contributed by atoms with Crippen LogP contribution in [-0.2, 0) is 20.1 Å². The van der Waals surface area contributed by atoms with Gasteiger partial charge in [0, 0.05) is 44.4 Å². The summed E-state index contributed by atoms with van der Waals surface area (Å²) in [4.78, 5) is 19.3. The first kappa shape index (κ1) is 17.4.